The number of amides is 1. The van der Waals surface area contributed by atoms with Crippen molar-refractivity contribution in [3.63, 3.8) is 0 Å². The first kappa shape index (κ1) is 27.3. The number of carbonyl (C=O) groups excluding carboxylic acids is 2. The third kappa shape index (κ3) is 5.60. The van der Waals surface area contributed by atoms with Gasteiger partial charge in [-0.25, -0.2) is 14.2 Å². The summed E-state index contributed by atoms with van der Waals surface area (Å²) in [5.41, 5.74) is 7.55. The molecule has 1 atom stereocenters. The normalized spacial score (nSPS) is 14.9. The molecule has 0 saturated heterocycles. The zero-order chi connectivity index (χ0) is 27.9. The van der Waals surface area contributed by atoms with Crippen LogP contribution in [0.2, 0.25) is 0 Å². The van der Waals surface area contributed by atoms with Crippen LogP contribution in [0.4, 0.5) is 11.6 Å². The molecule has 1 aliphatic rings. The van der Waals surface area contributed by atoms with Crippen molar-refractivity contribution in [2.45, 2.75) is 26.7 Å². The highest BCUT2D eigenvalue weighted by Crippen LogP contribution is 2.45. The van der Waals surface area contributed by atoms with E-state index in [2.05, 4.69) is 27.7 Å². The number of hydrazine groups is 1. The average molecular weight is 544 g/mol. The summed E-state index contributed by atoms with van der Waals surface area (Å²) in [6.45, 7) is 9.39. The van der Waals surface area contributed by atoms with Crippen molar-refractivity contribution >= 4 is 34.8 Å². The molecule has 0 bridgehead atoms. The van der Waals surface area contributed by atoms with Gasteiger partial charge in [-0.15, -0.1) is 11.3 Å². The number of fused-ring (bicyclic) bond motifs is 1. The number of rotatable bonds is 9. The highest BCUT2D eigenvalue weighted by molar-refractivity contribution is 7.12. The smallest absolute Gasteiger partial charge is 0.355 e. The van der Waals surface area contributed by atoms with Gasteiger partial charge in [0.1, 0.15) is 5.82 Å². The molecule has 39 heavy (non-hydrogen) atoms. The fraction of sp³-hybridized carbons (Fsp3) is 0.172. The molecule has 0 fully saturated rings. The number of nitrogens with one attached hydrogen (secondary N) is 3. The second kappa shape index (κ2) is 12.2. The van der Waals surface area contributed by atoms with Gasteiger partial charge >= 0.3 is 11.7 Å². The highest BCUT2D eigenvalue weighted by atomic mass is 32.1. The van der Waals surface area contributed by atoms with Crippen LogP contribution in [0.25, 0.3) is 5.69 Å². The largest absolute Gasteiger partial charge is 0.463 e. The summed E-state index contributed by atoms with van der Waals surface area (Å²) < 4.78 is 6.88. The molecule has 1 aliphatic heterocycles. The molecule has 3 heterocycles. The lowest BCUT2D eigenvalue weighted by Crippen LogP contribution is -2.36. The molecule has 10 heteroatoms. The van der Waals surface area contributed by atoms with Gasteiger partial charge in [0.15, 0.2) is 5.82 Å². The molecule has 0 aliphatic carbocycles. The van der Waals surface area contributed by atoms with Crippen LogP contribution in [-0.2, 0) is 9.53 Å². The molecule has 3 aromatic rings. The molecular formula is C29H29N5O4S. The molecule has 3 N–H and O–H groups in total. The second-order valence-electron chi connectivity index (χ2n) is 8.45. The Morgan fingerprint density at radius 1 is 1.23 bits per heavy atom. The van der Waals surface area contributed by atoms with E-state index in [1.54, 1.807) is 55.6 Å². The van der Waals surface area contributed by atoms with Crippen LogP contribution in [0.15, 0.2) is 100 Å². The third-order valence-corrected chi connectivity index (χ3v) is 6.84. The van der Waals surface area contributed by atoms with E-state index in [0.717, 1.165) is 0 Å². The van der Waals surface area contributed by atoms with Gasteiger partial charge < -0.3 is 10.1 Å². The number of aromatic nitrogens is 2. The Kier molecular flexibility index (Phi) is 8.57. The molecular weight excluding hydrogens is 514 g/mol. The molecule has 4 rings (SSSR count). The van der Waals surface area contributed by atoms with Crippen LogP contribution in [0.3, 0.4) is 0 Å². The van der Waals surface area contributed by atoms with Crippen LogP contribution in [-0.4, -0.2) is 28.0 Å². The third-order valence-electron chi connectivity index (χ3n) is 5.97. The first-order chi connectivity index (χ1) is 18.9. The summed E-state index contributed by atoms with van der Waals surface area (Å²) in [4.78, 5) is 44.3. The first-order valence-electron chi connectivity index (χ1n) is 12.3. The summed E-state index contributed by atoms with van der Waals surface area (Å²) in [5, 5.41) is 5.05. The van der Waals surface area contributed by atoms with Gasteiger partial charge in [0.25, 0.3) is 5.91 Å². The van der Waals surface area contributed by atoms with E-state index in [1.807, 2.05) is 37.3 Å². The lowest BCUT2D eigenvalue weighted by Gasteiger charge is -2.33. The van der Waals surface area contributed by atoms with Crippen LogP contribution >= 0.6 is 11.3 Å². The number of esters is 1. The van der Waals surface area contributed by atoms with Crippen molar-refractivity contribution in [1.82, 2.24) is 15.0 Å². The Labute approximate surface area is 230 Å². The second-order valence-corrected chi connectivity index (χ2v) is 9.40. The molecule has 1 amide bonds. The van der Waals surface area contributed by atoms with Gasteiger partial charge in [0.2, 0.25) is 0 Å². The number of ether oxygens (including phenoxy) is 1. The van der Waals surface area contributed by atoms with Crippen molar-refractivity contribution in [3.8, 4) is 5.69 Å². The Hall–Kier alpha value is -4.70. The summed E-state index contributed by atoms with van der Waals surface area (Å²) in [6.07, 6.45) is 7.13. The minimum Gasteiger partial charge on any atom is -0.463 e. The summed E-state index contributed by atoms with van der Waals surface area (Å²) in [5.74, 6) is -1.11. The van der Waals surface area contributed by atoms with Gasteiger partial charge in [0.05, 0.1) is 28.7 Å². The van der Waals surface area contributed by atoms with Crippen LogP contribution in [0, 0.1) is 0 Å². The molecule has 200 valence electrons. The van der Waals surface area contributed by atoms with Gasteiger partial charge in [-0.3, -0.25) is 15.6 Å². The summed E-state index contributed by atoms with van der Waals surface area (Å²) in [6, 6.07) is 12.5. The maximum Gasteiger partial charge on any atom is 0.355 e. The van der Waals surface area contributed by atoms with E-state index >= 15 is 0 Å². The number of para-hydroxylation sites is 1. The molecule has 9 nitrogen and oxygen atoms in total. The van der Waals surface area contributed by atoms with Gasteiger partial charge in [-0.2, -0.15) is 4.98 Å². The Balaban J connectivity index is 2.00. The Morgan fingerprint density at radius 3 is 2.64 bits per heavy atom. The SMILES string of the molecule is C=C/C=C(\C=C/C)C1C(C(=O)OCC)=C(C)Nc2c1c(NNC(=O)c1cccs1)nc(=O)n2-c1ccccc1. The monoisotopic (exact) mass is 543 g/mol. The molecule has 1 unspecified atom stereocenters. The summed E-state index contributed by atoms with van der Waals surface area (Å²) >= 11 is 1.28. The van der Waals surface area contributed by atoms with Gasteiger partial charge in [-0.05, 0) is 49.9 Å². The Morgan fingerprint density at radius 2 is 2.00 bits per heavy atom. The minimum absolute atomic E-state index is 0.0957. The number of anilines is 2. The van der Waals surface area contributed by atoms with Crippen molar-refractivity contribution in [1.29, 1.82) is 0 Å². The maximum atomic E-state index is 13.4. The van der Waals surface area contributed by atoms with E-state index in [4.69, 9.17) is 4.74 Å². The molecule has 0 radical (unpaired) electrons. The fourth-order valence-corrected chi connectivity index (χ4v) is 5.04. The quantitative estimate of drug-likeness (QED) is 0.196. The van der Waals surface area contributed by atoms with Gasteiger partial charge in [-0.1, -0.05) is 55.1 Å². The van der Waals surface area contributed by atoms with Crippen molar-refractivity contribution < 1.29 is 14.3 Å². The average Bonchev–Trinajstić information content (AvgIpc) is 3.46. The van der Waals surface area contributed by atoms with E-state index in [9.17, 15) is 14.4 Å². The standard InChI is InChI=1S/C29H29N5O4S/c1-5-12-19(13-6-2)23-22(28(36)38-7-3)18(4)30-26-24(23)25(32-33-27(35)21-16-11-17-39-21)31-29(37)34(26)20-14-9-8-10-15-20/h5-6,8-17,23,30H,1,7H2,2-4H3,(H,33,35)(H,31,32,37)/b13-6-,19-12+. The minimum atomic E-state index is -0.710. The van der Waals surface area contributed by atoms with Crippen LogP contribution in [0.5, 0.6) is 0 Å². The van der Waals surface area contributed by atoms with Gasteiger partial charge in [0, 0.05) is 11.3 Å². The molecule has 0 saturated carbocycles. The summed E-state index contributed by atoms with van der Waals surface area (Å²) in [7, 11) is 0. The van der Waals surface area contributed by atoms with E-state index in [-0.39, 0.29) is 18.3 Å². The zero-order valence-corrected chi connectivity index (χ0v) is 22.7. The zero-order valence-electron chi connectivity index (χ0n) is 21.9. The molecule has 1 aromatic carbocycles. The fourth-order valence-electron chi connectivity index (χ4n) is 4.42. The van der Waals surface area contributed by atoms with Crippen molar-refractivity contribution in [2.75, 3.05) is 17.3 Å². The van der Waals surface area contributed by atoms with E-state index in [0.29, 0.717) is 38.8 Å². The predicted octanol–water partition coefficient (Wildman–Crippen LogP) is 5.09. The molecule has 2 aromatic heterocycles. The maximum absolute atomic E-state index is 13.4. The van der Waals surface area contributed by atoms with Crippen molar-refractivity contribution in [3.05, 3.63) is 116 Å². The number of hydrogen-bond donors (Lipinski definition) is 3. The number of benzene rings is 1. The first-order valence-corrected chi connectivity index (χ1v) is 13.2. The van der Waals surface area contributed by atoms with Crippen LogP contribution in [0.1, 0.15) is 41.9 Å². The Bertz CT molecular complexity index is 1540. The van der Waals surface area contributed by atoms with E-state index < -0.39 is 17.6 Å². The number of thiophene rings is 1. The number of nitrogens with zero attached hydrogens (tertiary/aromatic N) is 2. The highest BCUT2D eigenvalue weighted by Gasteiger charge is 2.38. The van der Waals surface area contributed by atoms with E-state index in [1.165, 1.54) is 15.9 Å². The number of hydrogen-bond acceptors (Lipinski definition) is 8. The molecule has 0 spiro atoms. The van der Waals surface area contributed by atoms with Crippen molar-refractivity contribution in [2.24, 2.45) is 0 Å². The number of carbonyl (C=O) groups is 2. The van der Waals surface area contributed by atoms with Crippen LogP contribution < -0.4 is 21.9 Å². The lowest BCUT2D eigenvalue weighted by atomic mass is 9.81. The topological polar surface area (TPSA) is 114 Å². The lowest BCUT2D eigenvalue weighted by molar-refractivity contribution is -0.138. The predicted molar refractivity (Wildman–Crippen MR) is 154 cm³/mol. The number of allylic oxidation sites excluding steroid dienone is 6.